The predicted molar refractivity (Wildman–Crippen MR) is 64.4 cm³/mol. The first-order valence-corrected chi connectivity index (χ1v) is 6.50. The van der Waals surface area contributed by atoms with Crippen LogP contribution in [0.15, 0.2) is 0 Å². The minimum Gasteiger partial charge on any atom is -0.393 e. The highest BCUT2D eigenvalue weighted by Crippen LogP contribution is 2.38. The van der Waals surface area contributed by atoms with Crippen LogP contribution in [0.2, 0.25) is 0 Å². The molecule has 0 spiro atoms. The molecule has 2 aliphatic rings. The molecule has 5 atom stereocenters. The molecule has 2 N–H and O–H groups in total. The summed E-state index contributed by atoms with van der Waals surface area (Å²) in [6.07, 6.45) is 3.41. The molecule has 0 radical (unpaired) electrons. The van der Waals surface area contributed by atoms with E-state index in [0.29, 0.717) is 6.04 Å². The Kier molecular flexibility index (Phi) is 3.30. The molecule has 0 amide bonds. The molecule has 0 unspecified atom stereocenters. The molecule has 16 heavy (non-hydrogen) atoms. The molecule has 2 fully saturated rings. The maximum atomic E-state index is 10.1. The Morgan fingerprint density at radius 1 is 1.25 bits per heavy atom. The van der Waals surface area contributed by atoms with Gasteiger partial charge in [-0.25, -0.2) is 0 Å². The summed E-state index contributed by atoms with van der Waals surface area (Å²) in [6.45, 7) is 8.63. The monoisotopic (exact) mass is 227 g/mol. The van der Waals surface area contributed by atoms with Crippen molar-refractivity contribution in [3.8, 4) is 0 Å². The Morgan fingerprint density at radius 2 is 1.94 bits per heavy atom. The number of aliphatic hydroxyl groups excluding tert-OH is 1. The van der Waals surface area contributed by atoms with Crippen molar-refractivity contribution in [3.05, 3.63) is 0 Å². The van der Waals surface area contributed by atoms with Crippen molar-refractivity contribution in [2.24, 2.45) is 5.92 Å². The summed E-state index contributed by atoms with van der Waals surface area (Å²) in [5.41, 5.74) is 0.0777. The van der Waals surface area contributed by atoms with Gasteiger partial charge >= 0.3 is 0 Å². The van der Waals surface area contributed by atoms with Gasteiger partial charge in [0.1, 0.15) is 0 Å². The molecule has 1 aliphatic heterocycles. The van der Waals surface area contributed by atoms with Gasteiger partial charge < -0.3 is 15.2 Å². The fraction of sp³-hybridized carbons (Fsp3) is 1.00. The second-order valence-electron chi connectivity index (χ2n) is 6.38. The number of aliphatic hydroxyl groups is 1. The lowest BCUT2D eigenvalue weighted by Gasteiger charge is -2.36. The largest absolute Gasteiger partial charge is 0.393 e. The molecular weight excluding hydrogens is 202 g/mol. The first kappa shape index (κ1) is 12.3. The van der Waals surface area contributed by atoms with Gasteiger partial charge in [0.05, 0.1) is 18.3 Å². The molecule has 3 nitrogen and oxygen atoms in total. The Bertz CT molecular complexity index is 249. The lowest BCUT2D eigenvalue weighted by atomic mass is 9.79. The number of hydrogen-bond donors (Lipinski definition) is 2. The molecule has 2 rings (SSSR count). The zero-order chi connectivity index (χ0) is 11.9. The highest BCUT2D eigenvalue weighted by Gasteiger charge is 2.48. The Labute approximate surface area is 98.6 Å². The van der Waals surface area contributed by atoms with Crippen molar-refractivity contribution >= 4 is 0 Å². The second-order valence-corrected chi connectivity index (χ2v) is 6.38. The minimum atomic E-state index is -0.191. The molecular formula is C13H25NO2. The van der Waals surface area contributed by atoms with Gasteiger partial charge in [0.25, 0.3) is 0 Å². The van der Waals surface area contributed by atoms with Crippen molar-refractivity contribution in [3.63, 3.8) is 0 Å². The number of ether oxygens (including phenoxy) is 1. The van der Waals surface area contributed by atoms with Crippen LogP contribution in [0.4, 0.5) is 0 Å². The Balaban J connectivity index is 2.10. The van der Waals surface area contributed by atoms with Crippen LogP contribution < -0.4 is 5.32 Å². The van der Waals surface area contributed by atoms with Crippen molar-refractivity contribution in [2.75, 3.05) is 0 Å². The number of hydrogen-bond acceptors (Lipinski definition) is 3. The van der Waals surface area contributed by atoms with Gasteiger partial charge in [-0.2, -0.15) is 0 Å². The van der Waals surface area contributed by atoms with Crippen LogP contribution in [-0.2, 0) is 4.74 Å². The highest BCUT2D eigenvalue weighted by atomic mass is 16.5. The van der Waals surface area contributed by atoms with E-state index in [9.17, 15) is 5.11 Å². The van der Waals surface area contributed by atoms with E-state index in [2.05, 4.69) is 33.0 Å². The first-order valence-electron chi connectivity index (χ1n) is 6.50. The summed E-state index contributed by atoms with van der Waals surface area (Å²) >= 11 is 0. The van der Waals surface area contributed by atoms with Crippen LogP contribution in [0.3, 0.4) is 0 Å². The summed E-state index contributed by atoms with van der Waals surface area (Å²) in [6, 6.07) is 0.292. The van der Waals surface area contributed by atoms with E-state index >= 15 is 0 Å². The maximum Gasteiger partial charge on any atom is 0.0708 e. The van der Waals surface area contributed by atoms with Gasteiger partial charge in [-0.1, -0.05) is 0 Å². The third-order valence-electron chi connectivity index (χ3n) is 3.77. The van der Waals surface area contributed by atoms with Crippen molar-refractivity contribution in [1.29, 1.82) is 0 Å². The molecule has 0 aromatic rings. The van der Waals surface area contributed by atoms with Crippen molar-refractivity contribution in [1.82, 2.24) is 5.32 Å². The third-order valence-corrected chi connectivity index (χ3v) is 3.77. The third kappa shape index (κ3) is 2.41. The van der Waals surface area contributed by atoms with Gasteiger partial charge in [-0.3, -0.25) is 0 Å². The molecule has 0 aromatic carbocycles. The van der Waals surface area contributed by atoms with Gasteiger partial charge in [-0.05, 0) is 47.0 Å². The molecule has 0 bridgehead atoms. The molecule has 3 heteroatoms. The molecule has 1 saturated carbocycles. The van der Waals surface area contributed by atoms with Crippen LogP contribution in [0.1, 0.15) is 47.0 Å². The molecule has 1 saturated heterocycles. The molecule has 0 aromatic heterocycles. The fourth-order valence-corrected chi connectivity index (χ4v) is 3.18. The van der Waals surface area contributed by atoms with E-state index in [1.54, 1.807) is 0 Å². The lowest BCUT2D eigenvalue weighted by molar-refractivity contribution is -0.0177. The molecule has 1 aliphatic carbocycles. The topological polar surface area (TPSA) is 41.5 Å². The van der Waals surface area contributed by atoms with Crippen molar-refractivity contribution in [2.45, 2.75) is 76.9 Å². The lowest BCUT2D eigenvalue weighted by Crippen LogP contribution is -2.53. The number of rotatable bonds is 1. The zero-order valence-corrected chi connectivity index (χ0v) is 10.9. The van der Waals surface area contributed by atoms with E-state index in [1.807, 2.05) is 0 Å². The zero-order valence-electron chi connectivity index (χ0n) is 10.9. The van der Waals surface area contributed by atoms with Crippen LogP contribution in [0.5, 0.6) is 0 Å². The summed E-state index contributed by atoms with van der Waals surface area (Å²) in [5.74, 6) is 0.281. The first-order chi connectivity index (χ1) is 7.38. The number of nitrogens with one attached hydrogen (secondary N) is 1. The molecule has 94 valence electrons. The average Bonchev–Trinajstić information content (AvgIpc) is 2.42. The Hall–Kier alpha value is -0.120. The van der Waals surface area contributed by atoms with E-state index in [-0.39, 0.29) is 29.8 Å². The number of fused-ring (bicyclic) bond motifs is 1. The van der Waals surface area contributed by atoms with Gasteiger partial charge in [-0.15, -0.1) is 0 Å². The Morgan fingerprint density at radius 3 is 2.56 bits per heavy atom. The SMILES string of the molecule is C[C@@H]1O[C@@H]2CCC[C@H](O)[C@@H]2[C@@H]1NC(C)(C)C. The predicted octanol–water partition coefficient (Wildman–Crippen LogP) is 1.69. The van der Waals surface area contributed by atoms with Gasteiger partial charge in [0, 0.05) is 17.5 Å². The van der Waals surface area contributed by atoms with E-state index < -0.39 is 0 Å². The summed E-state index contributed by atoms with van der Waals surface area (Å²) in [4.78, 5) is 0. The fourth-order valence-electron chi connectivity index (χ4n) is 3.18. The highest BCUT2D eigenvalue weighted by molar-refractivity contribution is 5.00. The maximum absolute atomic E-state index is 10.1. The smallest absolute Gasteiger partial charge is 0.0708 e. The quantitative estimate of drug-likeness (QED) is 0.716. The van der Waals surface area contributed by atoms with E-state index in [4.69, 9.17) is 4.74 Å². The standard InChI is InChI=1S/C13H25NO2/c1-8-12(14-13(2,3)4)11-9(15)6-5-7-10(11)16-8/h8-12,14-15H,5-7H2,1-4H3/t8-,9-,10+,11-,12+/m0/s1. The average molecular weight is 227 g/mol. The summed E-state index contributed by atoms with van der Waals surface area (Å²) in [7, 11) is 0. The van der Waals surface area contributed by atoms with Crippen molar-refractivity contribution < 1.29 is 9.84 Å². The van der Waals surface area contributed by atoms with Gasteiger partial charge in [0.15, 0.2) is 0 Å². The normalized spacial score (nSPS) is 44.4. The second kappa shape index (κ2) is 4.28. The summed E-state index contributed by atoms with van der Waals surface area (Å²) < 4.78 is 5.97. The van der Waals surface area contributed by atoms with Crippen LogP contribution in [0, 0.1) is 5.92 Å². The van der Waals surface area contributed by atoms with Crippen LogP contribution >= 0.6 is 0 Å². The minimum absolute atomic E-state index is 0.0777. The molecule has 1 heterocycles. The van der Waals surface area contributed by atoms with Crippen LogP contribution in [0.25, 0.3) is 0 Å². The van der Waals surface area contributed by atoms with E-state index in [0.717, 1.165) is 19.3 Å². The summed E-state index contributed by atoms with van der Waals surface area (Å²) in [5, 5.41) is 13.8. The van der Waals surface area contributed by atoms with Gasteiger partial charge in [0.2, 0.25) is 0 Å². The van der Waals surface area contributed by atoms with Crippen LogP contribution in [-0.4, -0.2) is 35.0 Å². The van der Waals surface area contributed by atoms with E-state index in [1.165, 1.54) is 0 Å².